The fourth-order valence-electron chi connectivity index (χ4n) is 9.50. The Kier molecular flexibility index (Phi) is 14.5. The van der Waals surface area contributed by atoms with Gasteiger partial charge in [0.1, 0.15) is 0 Å². The van der Waals surface area contributed by atoms with Crippen molar-refractivity contribution >= 4 is 104 Å². The maximum Gasteiger partial charge on any atom is 4.00 e. The molecule has 0 saturated carbocycles. The van der Waals surface area contributed by atoms with E-state index in [1.165, 1.54) is 0 Å². The summed E-state index contributed by atoms with van der Waals surface area (Å²) in [5, 5.41) is 24.7. The van der Waals surface area contributed by atoms with Gasteiger partial charge < -0.3 is 29.8 Å². The molecule has 5 heterocycles. The molecule has 0 saturated heterocycles. The third kappa shape index (κ3) is 10.3. The standard InChI is InChI=1S/C44H28N4.2C11H8O2.Sn/c1-5-13-29(14-6-1)41-33-21-23-35(45-33)42(30-15-7-2-8-16-30)37-25-27-39(47-37)44(32-19-11-4-12-20-32)40-28-26-38(48-40)43(31-17-9-3-10-18-31)36-24-22-34(41)46-36;2*12-11(13)10-7-3-5-8-4-1-2-6-9(8)10;/h1-28H;2*1-7H,(H,12,13);/q-2;;;+4/p-2. The molecule has 2 aliphatic heterocycles. The summed E-state index contributed by atoms with van der Waals surface area (Å²) < 4.78 is 0. The number of carboxylic acid groups (broad SMARTS) is 2. The van der Waals surface area contributed by atoms with E-state index in [9.17, 15) is 19.8 Å². The molecule has 75 heavy (non-hydrogen) atoms. The van der Waals surface area contributed by atoms with E-state index in [4.69, 9.17) is 19.9 Å². The SMILES string of the molecule is C1=Cc2nc1c(-c1ccccc1)c1ccc([n-]1)c(-c1ccccc1)c1nc(c(-c3ccccc3)c3ccc([n-]3)c2-c2ccccc2)C=C1.O=C([O-])c1cccc2ccccc12.O=C([O-])c1cccc2ccccc12.[Sn+4]. The molecule has 13 rings (SSSR count). The zero-order chi connectivity index (χ0) is 50.4. The van der Waals surface area contributed by atoms with Crippen molar-refractivity contribution in [1.29, 1.82) is 0 Å². The minimum atomic E-state index is -1.13. The first kappa shape index (κ1) is 49.2. The van der Waals surface area contributed by atoms with Gasteiger partial charge in [0.25, 0.3) is 0 Å². The van der Waals surface area contributed by atoms with Gasteiger partial charge in [-0.25, -0.2) is 9.97 Å². The average molecular weight is 1070 g/mol. The van der Waals surface area contributed by atoms with E-state index in [0.717, 1.165) is 111 Å². The van der Waals surface area contributed by atoms with Crippen LogP contribution in [0.15, 0.2) is 231 Å². The van der Waals surface area contributed by atoms with Crippen molar-refractivity contribution in [1.82, 2.24) is 19.9 Å². The Hall–Kier alpha value is -9.38. The van der Waals surface area contributed by atoms with Crippen LogP contribution in [0.2, 0.25) is 0 Å². The van der Waals surface area contributed by atoms with Gasteiger partial charge in [0.15, 0.2) is 0 Å². The van der Waals surface area contributed by atoms with E-state index in [2.05, 4.69) is 146 Å². The molecular weight excluding hydrogens is 1030 g/mol. The van der Waals surface area contributed by atoms with Crippen molar-refractivity contribution in [3.8, 4) is 44.5 Å². The number of aromatic carboxylic acids is 2. The second kappa shape index (κ2) is 22.2. The summed E-state index contributed by atoms with van der Waals surface area (Å²) in [4.78, 5) is 42.6. The van der Waals surface area contributed by atoms with Crippen LogP contribution in [-0.4, -0.2) is 45.8 Å². The normalized spacial score (nSPS) is 11.2. The van der Waals surface area contributed by atoms with E-state index in [1.54, 1.807) is 36.4 Å². The number of benzene rings is 8. The van der Waals surface area contributed by atoms with Gasteiger partial charge in [-0.1, -0.05) is 231 Å². The smallest absolute Gasteiger partial charge is 0.657 e. The summed E-state index contributed by atoms with van der Waals surface area (Å²) in [5.74, 6) is -2.26. The average Bonchev–Trinajstić information content (AvgIpc) is 4.31. The predicted octanol–water partition coefficient (Wildman–Crippen LogP) is 12.6. The van der Waals surface area contributed by atoms with E-state index in [1.807, 2.05) is 72.8 Å². The molecule has 0 amide bonds. The quantitative estimate of drug-likeness (QED) is 0.150. The summed E-state index contributed by atoms with van der Waals surface area (Å²) >= 11 is 0. The third-order valence-corrected chi connectivity index (χ3v) is 12.9. The zero-order valence-corrected chi connectivity index (χ0v) is 43.0. The summed E-state index contributed by atoms with van der Waals surface area (Å²) in [7, 11) is 0. The minimum absolute atomic E-state index is 0. The Balaban J connectivity index is 0.000000193. The molecule has 0 atom stereocenters. The molecule has 2 aliphatic rings. The van der Waals surface area contributed by atoms with E-state index in [0.29, 0.717) is 0 Å². The Morgan fingerprint density at radius 1 is 0.307 bits per heavy atom. The van der Waals surface area contributed by atoms with Gasteiger partial charge in [-0.15, -0.1) is 22.1 Å². The Morgan fingerprint density at radius 2 is 0.560 bits per heavy atom. The van der Waals surface area contributed by atoms with Crippen LogP contribution in [-0.2, 0) is 0 Å². The van der Waals surface area contributed by atoms with Gasteiger partial charge in [0.05, 0.1) is 34.7 Å². The number of carbonyl (C=O) groups is 2. The van der Waals surface area contributed by atoms with Crippen LogP contribution in [0.3, 0.4) is 0 Å². The minimum Gasteiger partial charge on any atom is -0.657 e. The largest absolute Gasteiger partial charge is 4.00 e. The number of fused-ring (bicyclic) bond motifs is 10. The van der Waals surface area contributed by atoms with Crippen molar-refractivity contribution in [2.24, 2.45) is 0 Å². The molecule has 9 heteroatoms. The molecule has 8 nitrogen and oxygen atoms in total. The van der Waals surface area contributed by atoms with Crippen molar-refractivity contribution in [3.63, 3.8) is 0 Å². The number of rotatable bonds is 6. The number of aromatic nitrogens is 4. The summed E-state index contributed by atoms with van der Waals surface area (Å²) in [5.41, 5.74) is 15.5. The van der Waals surface area contributed by atoms with Crippen LogP contribution in [0.5, 0.6) is 0 Å². The number of carboxylic acids is 2. The molecule has 8 aromatic carbocycles. The van der Waals surface area contributed by atoms with Crippen LogP contribution in [0, 0.1) is 0 Å². The number of carbonyl (C=O) groups excluding carboxylic acids is 2. The number of hydrogen-bond acceptors (Lipinski definition) is 6. The van der Waals surface area contributed by atoms with Crippen molar-refractivity contribution in [2.75, 3.05) is 0 Å². The van der Waals surface area contributed by atoms with Gasteiger partial charge >= 0.3 is 23.9 Å². The molecule has 8 bridgehead atoms. The monoisotopic (exact) mass is 1070 g/mol. The molecule has 0 radical (unpaired) electrons. The Bertz CT molecular complexity index is 3680. The Labute approximate surface area is 449 Å². The molecule has 0 spiro atoms. The molecule has 0 fully saturated rings. The third-order valence-electron chi connectivity index (χ3n) is 12.9. The molecule has 0 N–H and O–H groups in total. The molecule has 0 aliphatic carbocycles. The van der Waals surface area contributed by atoms with E-state index in [-0.39, 0.29) is 35.0 Å². The first-order valence-electron chi connectivity index (χ1n) is 24.0. The van der Waals surface area contributed by atoms with Crippen LogP contribution in [0.1, 0.15) is 43.5 Å². The fraction of sp³-hybridized carbons (Fsp3) is 0. The summed E-state index contributed by atoms with van der Waals surface area (Å²) in [6, 6.07) is 75.0. The van der Waals surface area contributed by atoms with Crippen LogP contribution < -0.4 is 20.2 Å². The molecule has 11 aromatic rings. The maximum absolute atomic E-state index is 10.7. The molecule has 3 aromatic heterocycles. The molecule has 0 unspecified atom stereocenters. The summed E-state index contributed by atoms with van der Waals surface area (Å²) in [6.45, 7) is 0. The van der Waals surface area contributed by atoms with Crippen LogP contribution in [0.25, 0.3) is 112 Å². The van der Waals surface area contributed by atoms with Gasteiger partial charge in [0.2, 0.25) is 0 Å². The fourth-order valence-corrected chi connectivity index (χ4v) is 9.50. The van der Waals surface area contributed by atoms with Gasteiger partial charge in [0, 0.05) is 11.1 Å². The first-order valence-corrected chi connectivity index (χ1v) is 24.0. The second-order valence-electron chi connectivity index (χ2n) is 17.5. The number of nitrogens with zero attached hydrogens (tertiary/aromatic N) is 4. The van der Waals surface area contributed by atoms with E-state index >= 15 is 0 Å². The van der Waals surface area contributed by atoms with Gasteiger partial charge in [-0.05, 0) is 90.4 Å². The van der Waals surface area contributed by atoms with E-state index < -0.39 is 11.9 Å². The zero-order valence-electron chi connectivity index (χ0n) is 40.2. The van der Waals surface area contributed by atoms with Gasteiger partial charge in [-0.2, -0.15) is 0 Å². The van der Waals surface area contributed by atoms with Crippen molar-refractivity contribution < 1.29 is 19.8 Å². The number of hydrogen-bond donors (Lipinski definition) is 0. The molecule has 354 valence electrons. The second-order valence-corrected chi connectivity index (χ2v) is 17.5. The van der Waals surface area contributed by atoms with Crippen molar-refractivity contribution in [2.45, 2.75) is 0 Å². The van der Waals surface area contributed by atoms with Crippen molar-refractivity contribution in [3.05, 3.63) is 264 Å². The Morgan fingerprint density at radius 3 is 0.840 bits per heavy atom. The first-order chi connectivity index (χ1) is 36.4. The van der Waals surface area contributed by atoms with Crippen LogP contribution >= 0.6 is 0 Å². The van der Waals surface area contributed by atoms with Crippen LogP contribution in [0.4, 0.5) is 0 Å². The molecular formula is C66H42N4O4Sn. The maximum atomic E-state index is 10.7. The summed E-state index contributed by atoms with van der Waals surface area (Å²) in [6.07, 6.45) is 8.41. The topological polar surface area (TPSA) is 134 Å². The van der Waals surface area contributed by atoms with Gasteiger partial charge in [-0.3, -0.25) is 0 Å². The predicted molar refractivity (Wildman–Crippen MR) is 301 cm³/mol.